The highest BCUT2D eigenvalue weighted by atomic mass is 32.1. The van der Waals surface area contributed by atoms with Gasteiger partial charge in [-0.25, -0.2) is 0 Å². The maximum absolute atomic E-state index is 6.51. The van der Waals surface area contributed by atoms with E-state index in [2.05, 4.69) is 235 Å². The Morgan fingerprint density at radius 2 is 0.815 bits per heavy atom. The molecule has 0 aliphatic heterocycles. The van der Waals surface area contributed by atoms with Crippen molar-refractivity contribution in [2.75, 3.05) is 4.90 Å². The molecule has 0 radical (unpaired) electrons. The summed E-state index contributed by atoms with van der Waals surface area (Å²) in [4.78, 5) is 2.36. The third kappa shape index (κ3) is 6.48. The maximum atomic E-state index is 6.51. The molecule has 3 heteroatoms. The largest absolute Gasteiger partial charge is 0.455 e. The van der Waals surface area contributed by atoms with Crippen molar-refractivity contribution >= 4 is 92.1 Å². The van der Waals surface area contributed by atoms with E-state index in [0.717, 1.165) is 61.3 Å². The van der Waals surface area contributed by atoms with Crippen LogP contribution in [0.25, 0.3) is 108 Å². The highest BCUT2D eigenvalue weighted by Crippen LogP contribution is 2.42. The molecule has 0 amide bonds. The van der Waals surface area contributed by atoms with Gasteiger partial charge in [0, 0.05) is 53.6 Å². The second-order valence-electron chi connectivity index (χ2n) is 16.9. The molecule has 0 atom stereocenters. The lowest BCUT2D eigenvalue weighted by Crippen LogP contribution is -2.09. The summed E-state index contributed by atoms with van der Waals surface area (Å²) in [6.45, 7) is 0. The molecular weight excluding hydrogens is 807 g/mol. The zero-order valence-electron chi connectivity index (χ0n) is 35.3. The molecule has 0 spiro atoms. The van der Waals surface area contributed by atoms with Crippen molar-refractivity contribution in [3.63, 3.8) is 0 Å². The maximum Gasteiger partial charge on any atom is 0.143 e. The van der Waals surface area contributed by atoms with Crippen molar-refractivity contribution < 1.29 is 4.42 Å². The molecule has 0 fully saturated rings. The minimum absolute atomic E-state index is 0.891. The van der Waals surface area contributed by atoms with Gasteiger partial charge < -0.3 is 9.32 Å². The Kier molecular flexibility index (Phi) is 8.75. The molecule has 2 aromatic heterocycles. The molecule has 0 saturated carbocycles. The summed E-state index contributed by atoms with van der Waals surface area (Å²) in [5, 5.41) is 9.94. The fraction of sp³-hybridized carbons (Fsp3) is 0. The number of hydrogen-bond donors (Lipinski definition) is 0. The number of para-hydroxylation sites is 1. The van der Waals surface area contributed by atoms with E-state index in [9.17, 15) is 0 Å². The van der Waals surface area contributed by atoms with Crippen LogP contribution in [-0.2, 0) is 0 Å². The van der Waals surface area contributed by atoms with Crippen LogP contribution < -0.4 is 4.90 Å². The van der Waals surface area contributed by atoms with E-state index >= 15 is 0 Å². The number of benzene rings is 11. The third-order valence-electron chi connectivity index (χ3n) is 13.1. The number of anilines is 3. The minimum atomic E-state index is 0.891. The molecule has 0 bridgehead atoms. The second-order valence-corrected chi connectivity index (χ2v) is 18.0. The Balaban J connectivity index is 0.867. The molecule has 0 unspecified atom stereocenters. The summed E-state index contributed by atoms with van der Waals surface area (Å²) in [7, 11) is 0. The molecule has 0 aliphatic carbocycles. The predicted molar refractivity (Wildman–Crippen MR) is 278 cm³/mol. The quantitative estimate of drug-likeness (QED) is 0.149. The first-order chi connectivity index (χ1) is 32.2. The van der Waals surface area contributed by atoms with Crippen molar-refractivity contribution in [1.82, 2.24) is 0 Å². The lowest BCUT2D eigenvalue weighted by atomic mass is 9.97. The van der Waals surface area contributed by atoms with E-state index in [1.807, 2.05) is 17.4 Å². The van der Waals surface area contributed by atoms with Crippen molar-refractivity contribution in [2.45, 2.75) is 0 Å². The summed E-state index contributed by atoms with van der Waals surface area (Å²) in [5.74, 6) is 0. The zero-order valence-corrected chi connectivity index (χ0v) is 36.1. The van der Waals surface area contributed by atoms with Gasteiger partial charge in [0.2, 0.25) is 0 Å². The Morgan fingerprint density at radius 1 is 0.292 bits per heavy atom. The van der Waals surface area contributed by atoms with Crippen molar-refractivity contribution in [1.29, 1.82) is 0 Å². The van der Waals surface area contributed by atoms with Crippen molar-refractivity contribution in [3.8, 4) is 44.5 Å². The molecule has 13 aromatic rings. The smallest absolute Gasteiger partial charge is 0.143 e. The third-order valence-corrected chi connectivity index (χ3v) is 14.2. The van der Waals surface area contributed by atoms with Gasteiger partial charge in [-0.15, -0.1) is 11.3 Å². The van der Waals surface area contributed by atoms with Gasteiger partial charge in [-0.1, -0.05) is 164 Å². The number of thiophene rings is 1. The number of fused-ring (bicyclic) bond motifs is 9. The van der Waals surface area contributed by atoms with Gasteiger partial charge in [-0.05, 0) is 133 Å². The van der Waals surface area contributed by atoms with E-state index in [1.54, 1.807) is 0 Å². The monoisotopic (exact) mass is 845 g/mol. The molecular formula is C62H39NOS. The summed E-state index contributed by atoms with van der Waals surface area (Å²) in [5.41, 5.74) is 14.4. The highest BCUT2D eigenvalue weighted by molar-refractivity contribution is 7.25. The SMILES string of the molecule is c1ccc(-c2cccc3c2oc2ccc(-c4ccc(N(c5ccc(-c6ccc7c(ccc8ccccc87)c6)cc5)c5ccc(-c6ccc7sc8ccccc8c7c6)cc5)cc4)cc23)cc1. The normalized spacial score (nSPS) is 11.7. The Hall–Kier alpha value is -8.24. The van der Waals surface area contributed by atoms with Crippen LogP contribution in [0.3, 0.4) is 0 Å². The van der Waals surface area contributed by atoms with Crippen LogP contribution >= 0.6 is 11.3 Å². The molecule has 0 N–H and O–H groups in total. The molecule has 2 heterocycles. The van der Waals surface area contributed by atoms with Gasteiger partial charge in [0.1, 0.15) is 11.2 Å². The fourth-order valence-electron chi connectivity index (χ4n) is 9.78. The van der Waals surface area contributed by atoms with Gasteiger partial charge in [-0.3, -0.25) is 0 Å². The molecule has 2 nitrogen and oxygen atoms in total. The summed E-state index contributed by atoms with van der Waals surface area (Å²) in [6.07, 6.45) is 0. The zero-order chi connectivity index (χ0) is 42.8. The number of rotatable bonds is 7. The lowest BCUT2D eigenvalue weighted by Gasteiger charge is -2.26. The first kappa shape index (κ1) is 37.3. The van der Waals surface area contributed by atoms with E-state index in [0.29, 0.717) is 0 Å². The van der Waals surface area contributed by atoms with Crippen molar-refractivity contribution in [3.05, 3.63) is 237 Å². The molecule has 0 saturated heterocycles. The van der Waals surface area contributed by atoms with Gasteiger partial charge >= 0.3 is 0 Å². The Bertz CT molecular complexity index is 3920. The van der Waals surface area contributed by atoms with Crippen LogP contribution in [0.2, 0.25) is 0 Å². The Morgan fingerprint density at radius 3 is 1.54 bits per heavy atom. The van der Waals surface area contributed by atoms with Crippen LogP contribution in [-0.4, -0.2) is 0 Å². The van der Waals surface area contributed by atoms with Crippen LogP contribution in [0.1, 0.15) is 0 Å². The first-order valence-electron chi connectivity index (χ1n) is 22.1. The van der Waals surface area contributed by atoms with Crippen LogP contribution in [0.15, 0.2) is 241 Å². The predicted octanol–water partition coefficient (Wildman–Crippen LogP) is 18.4. The average Bonchev–Trinajstić information content (AvgIpc) is 3.95. The minimum Gasteiger partial charge on any atom is -0.455 e. The lowest BCUT2D eigenvalue weighted by molar-refractivity contribution is 0.670. The molecule has 13 rings (SSSR count). The van der Waals surface area contributed by atoms with E-state index in [1.165, 1.54) is 64.0 Å². The first-order valence-corrected chi connectivity index (χ1v) is 23.0. The molecule has 304 valence electrons. The van der Waals surface area contributed by atoms with Crippen LogP contribution in [0.4, 0.5) is 17.1 Å². The van der Waals surface area contributed by atoms with E-state index in [-0.39, 0.29) is 0 Å². The van der Waals surface area contributed by atoms with Gasteiger partial charge in [0.25, 0.3) is 0 Å². The van der Waals surface area contributed by atoms with Crippen LogP contribution in [0.5, 0.6) is 0 Å². The summed E-state index contributed by atoms with van der Waals surface area (Å²) >= 11 is 1.86. The van der Waals surface area contributed by atoms with Crippen LogP contribution in [0, 0.1) is 0 Å². The second kappa shape index (κ2) is 15.2. The van der Waals surface area contributed by atoms with Crippen molar-refractivity contribution in [2.24, 2.45) is 0 Å². The average molecular weight is 846 g/mol. The topological polar surface area (TPSA) is 16.4 Å². The molecule has 65 heavy (non-hydrogen) atoms. The van der Waals surface area contributed by atoms with E-state index < -0.39 is 0 Å². The summed E-state index contributed by atoms with van der Waals surface area (Å²) in [6, 6.07) is 85.9. The number of hydrogen-bond acceptors (Lipinski definition) is 3. The van der Waals surface area contributed by atoms with Gasteiger partial charge in [0.05, 0.1) is 0 Å². The molecule has 11 aromatic carbocycles. The molecule has 0 aliphatic rings. The number of furan rings is 1. The summed E-state index contributed by atoms with van der Waals surface area (Å²) < 4.78 is 9.15. The standard InChI is InChI=1S/C62H39NOS/c1-2-9-43(10-3-1)54-14-8-15-56-57-38-46(26-35-59(57)64-62(54)56)41-21-30-50(31-22-41)63(51-32-23-42(24-33-51)47-27-36-61-58(39-47)55-13-6-7-16-60(55)65-61)49-28-19-40(20-29-49)45-25-34-53-48(37-45)18-17-44-11-4-5-12-52(44)53/h1-39H. The Labute approximate surface area is 380 Å². The van der Waals surface area contributed by atoms with Gasteiger partial charge in [0.15, 0.2) is 0 Å². The fourth-order valence-corrected chi connectivity index (χ4v) is 10.9. The highest BCUT2D eigenvalue weighted by Gasteiger charge is 2.17. The number of nitrogens with zero attached hydrogens (tertiary/aromatic N) is 1. The van der Waals surface area contributed by atoms with E-state index in [4.69, 9.17) is 4.42 Å². The van der Waals surface area contributed by atoms with Gasteiger partial charge in [-0.2, -0.15) is 0 Å².